The first-order valence-corrected chi connectivity index (χ1v) is 3.75. The fourth-order valence-corrected chi connectivity index (χ4v) is 0.482. The number of allylic oxidation sites excluding steroid dienone is 4. The maximum atomic E-state index is 3.97. The van der Waals surface area contributed by atoms with Gasteiger partial charge in [0.1, 0.15) is 0 Å². The van der Waals surface area contributed by atoms with Crippen molar-refractivity contribution in [1.29, 1.82) is 0 Å². The first kappa shape index (κ1) is 9.89. The van der Waals surface area contributed by atoms with Crippen LogP contribution in [0.3, 0.4) is 0 Å². The van der Waals surface area contributed by atoms with E-state index in [1.54, 1.807) is 24.6 Å². The monoisotopic (exact) mass is 149 g/mol. The third-order valence-electron chi connectivity index (χ3n) is 0.976. The molecule has 0 atom stereocenters. The van der Waals surface area contributed by atoms with E-state index in [4.69, 9.17) is 0 Å². The molecule has 0 unspecified atom stereocenters. The molecule has 0 aliphatic carbocycles. The van der Waals surface area contributed by atoms with Gasteiger partial charge in [0, 0.05) is 12.4 Å². The summed E-state index contributed by atoms with van der Waals surface area (Å²) in [7, 11) is 0. The van der Waals surface area contributed by atoms with E-state index in [0.717, 1.165) is 0 Å². The van der Waals surface area contributed by atoms with Crippen LogP contribution in [-0.4, -0.2) is 6.21 Å². The van der Waals surface area contributed by atoms with Crippen molar-refractivity contribution in [2.24, 2.45) is 10.9 Å². The lowest BCUT2D eigenvalue weighted by Gasteiger charge is -1.87. The first-order chi connectivity index (χ1) is 5.27. The lowest BCUT2D eigenvalue weighted by Crippen LogP contribution is -1.76. The van der Waals surface area contributed by atoms with Crippen LogP contribution in [-0.2, 0) is 0 Å². The molecule has 0 N–H and O–H groups in total. The molecule has 0 aromatic heterocycles. The van der Waals surface area contributed by atoms with Crippen LogP contribution in [0, 0.1) is 5.92 Å². The molecule has 0 aliphatic heterocycles. The van der Waals surface area contributed by atoms with Gasteiger partial charge in [-0.1, -0.05) is 32.6 Å². The van der Waals surface area contributed by atoms with Crippen LogP contribution in [0.15, 0.2) is 42.1 Å². The Kier molecular flexibility index (Phi) is 6.30. The third-order valence-corrected chi connectivity index (χ3v) is 0.976. The predicted molar refractivity (Wildman–Crippen MR) is 51.8 cm³/mol. The normalized spacial score (nSPS) is 12.6. The number of hydrogen-bond donors (Lipinski definition) is 0. The molecule has 0 heterocycles. The van der Waals surface area contributed by atoms with Crippen LogP contribution in [0.4, 0.5) is 0 Å². The molecule has 0 spiro atoms. The number of rotatable bonds is 4. The summed E-state index contributed by atoms with van der Waals surface area (Å²) in [4.78, 5) is 3.97. The summed E-state index contributed by atoms with van der Waals surface area (Å²) in [5.74, 6) is 0.588. The van der Waals surface area contributed by atoms with Crippen LogP contribution >= 0.6 is 0 Å². The molecule has 11 heavy (non-hydrogen) atoms. The van der Waals surface area contributed by atoms with Crippen LogP contribution in [0.2, 0.25) is 0 Å². The topological polar surface area (TPSA) is 12.4 Å². The molecule has 1 nitrogen and oxygen atoms in total. The molecule has 0 saturated heterocycles. The molecule has 0 aromatic carbocycles. The molecule has 0 radical (unpaired) electrons. The van der Waals surface area contributed by atoms with Crippen molar-refractivity contribution < 1.29 is 0 Å². The van der Waals surface area contributed by atoms with Crippen LogP contribution < -0.4 is 0 Å². The van der Waals surface area contributed by atoms with Crippen molar-refractivity contribution in [3.63, 3.8) is 0 Å². The van der Waals surface area contributed by atoms with Gasteiger partial charge in [0.2, 0.25) is 0 Å². The second-order valence-electron chi connectivity index (χ2n) is 2.50. The summed E-state index contributed by atoms with van der Waals surface area (Å²) >= 11 is 0. The Bertz CT molecular complexity index is 173. The number of nitrogens with zero attached hydrogens (tertiary/aromatic N) is 1. The maximum absolute atomic E-state index is 3.97. The Morgan fingerprint density at radius 1 is 1.27 bits per heavy atom. The molecule has 60 valence electrons. The standard InChI is InChI=1S/C10H15N/c1-4-5-8-11-9-6-7-10(2)3/h4-10H,1H2,2-3H3/b7-6+,8-5-,11-9-. The maximum Gasteiger partial charge on any atom is 0.0267 e. The second kappa shape index (κ2) is 7.00. The summed E-state index contributed by atoms with van der Waals surface area (Å²) in [6, 6.07) is 0. The molecule has 0 amide bonds. The van der Waals surface area contributed by atoms with E-state index in [1.165, 1.54) is 0 Å². The summed E-state index contributed by atoms with van der Waals surface area (Å²) < 4.78 is 0. The van der Waals surface area contributed by atoms with Gasteiger partial charge in [0.25, 0.3) is 0 Å². The Morgan fingerprint density at radius 2 is 2.00 bits per heavy atom. The highest BCUT2D eigenvalue weighted by molar-refractivity contribution is 5.71. The van der Waals surface area contributed by atoms with Crippen LogP contribution in [0.5, 0.6) is 0 Å². The van der Waals surface area contributed by atoms with E-state index in [2.05, 4.69) is 31.5 Å². The molecular formula is C10H15N. The third kappa shape index (κ3) is 8.89. The van der Waals surface area contributed by atoms with Crippen molar-refractivity contribution in [1.82, 2.24) is 0 Å². The minimum absolute atomic E-state index is 0.588. The molecule has 0 aliphatic rings. The quantitative estimate of drug-likeness (QED) is 0.430. The molecule has 1 heteroatoms. The second-order valence-corrected chi connectivity index (χ2v) is 2.50. The zero-order valence-electron chi connectivity index (χ0n) is 7.20. The number of hydrogen-bond acceptors (Lipinski definition) is 1. The van der Waals surface area contributed by atoms with Gasteiger partial charge in [-0.05, 0) is 18.1 Å². The van der Waals surface area contributed by atoms with E-state index in [0.29, 0.717) is 5.92 Å². The van der Waals surface area contributed by atoms with E-state index in [1.807, 2.05) is 6.08 Å². The molecular weight excluding hydrogens is 134 g/mol. The van der Waals surface area contributed by atoms with Gasteiger partial charge in [-0.15, -0.1) is 0 Å². The highest BCUT2D eigenvalue weighted by atomic mass is 14.6. The van der Waals surface area contributed by atoms with E-state index in [-0.39, 0.29) is 0 Å². The number of aliphatic imine (C=N–C) groups is 1. The fourth-order valence-electron chi connectivity index (χ4n) is 0.482. The van der Waals surface area contributed by atoms with Gasteiger partial charge in [0.15, 0.2) is 0 Å². The summed E-state index contributed by atoms with van der Waals surface area (Å²) in [5.41, 5.74) is 0. The van der Waals surface area contributed by atoms with Gasteiger partial charge in [-0.3, -0.25) is 4.99 Å². The van der Waals surface area contributed by atoms with Crippen LogP contribution in [0.25, 0.3) is 0 Å². The lowest BCUT2D eigenvalue weighted by atomic mass is 10.2. The largest absolute Gasteiger partial charge is 0.265 e. The van der Waals surface area contributed by atoms with Gasteiger partial charge in [0.05, 0.1) is 0 Å². The minimum Gasteiger partial charge on any atom is -0.265 e. The summed E-state index contributed by atoms with van der Waals surface area (Å²) in [6.07, 6.45) is 11.0. The van der Waals surface area contributed by atoms with E-state index in [9.17, 15) is 0 Å². The highest BCUT2D eigenvalue weighted by Crippen LogP contribution is 1.91. The minimum atomic E-state index is 0.588. The molecule has 0 aromatic rings. The Morgan fingerprint density at radius 3 is 2.55 bits per heavy atom. The van der Waals surface area contributed by atoms with Gasteiger partial charge >= 0.3 is 0 Å². The summed E-state index contributed by atoms with van der Waals surface area (Å²) in [5, 5.41) is 0. The smallest absolute Gasteiger partial charge is 0.0267 e. The average Bonchev–Trinajstić information content (AvgIpc) is 1.96. The molecule has 0 fully saturated rings. The van der Waals surface area contributed by atoms with Gasteiger partial charge in [-0.25, -0.2) is 0 Å². The fraction of sp³-hybridized carbons (Fsp3) is 0.300. The Balaban J connectivity index is 3.59. The lowest BCUT2D eigenvalue weighted by molar-refractivity contribution is 0.833. The highest BCUT2D eigenvalue weighted by Gasteiger charge is 1.78. The van der Waals surface area contributed by atoms with Crippen LogP contribution in [0.1, 0.15) is 13.8 Å². The molecule has 0 rings (SSSR count). The van der Waals surface area contributed by atoms with Gasteiger partial charge < -0.3 is 0 Å². The van der Waals surface area contributed by atoms with Crippen molar-refractivity contribution in [3.05, 3.63) is 37.1 Å². The Hall–Kier alpha value is -1.11. The van der Waals surface area contributed by atoms with Crippen molar-refractivity contribution in [2.75, 3.05) is 0 Å². The SMILES string of the molecule is C=C\C=C/N=C\C=C\C(C)C. The van der Waals surface area contributed by atoms with E-state index < -0.39 is 0 Å². The molecule has 0 bridgehead atoms. The van der Waals surface area contributed by atoms with Gasteiger partial charge in [-0.2, -0.15) is 0 Å². The zero-order valence-corrected chi connectivity index (χ0v) is 7.20. The Labute approximate surface area is 68.9 Å². The van der Waals surface area contributed by atoms with Crippen molar-refractivity contribution in [2.45, 2.75) is 13.8 Å². The summed E-state index contributed by atoms with van der Waals surface area (Å²) in [6.45, 7) is 7.79. The van der Waals surface area contributed by atoms with Crippen molar-refractivity contribution >= 4 is 6.21 Å². The first-order valence-electron chi connectivity index (χ1n) is 3.75. The molecule has 0 saturated carbocycles. The van der Waals surface area contributed by atoms with Crippen molar-refractivity contribution in [3.8, 4) is 0 Å². The van der Waals surface area contributed by atoms with E-state index >= 15 is 0 Å². The zero-order chi connectivity index (χ0) is 8.53. The average molecular weight is 149 g/mol. The predicted octanol–water partition coefficient (Wildman–Crippen LogP) is 2.97.